The highest BCUT2D eigenvalue weighted by molar-refractivity contribution is 5.88. The van der Waals surface area contributed by atoms with E-state index in [4.69, 9.17) is 11.7 Å². The summed E-state index contributed by atoms with van der Waals surface area (Å²) >= 11 is 0. The van der Waals surface area contributed by atoms with E-state index in [0.29, 0.717) is 12.1 Å². The summed E-state index contributed by atoms with van der Waals surface area (Å²) in [5.74, 6) is 9.44. The van der Waals surface area contributed by atoms with E-state index in [9.17, 15) is 0 Å². The first-order chi connectivity index (χ1) is 16.4. The Bertz CT molecular complexity index is 959. The number of fused-ring (bicyclic) bond motifs is 1. The number of aromatic nitrogens is 1. The highest BCUT2D eigenvalue weighted by Crippen LogP contribution is 2.30. The number of likely N-dealkylation sites (tertiary alicyclic amines) is 1. The van der Waals surface area contributed by atoms with Gasteiger partial charge >= 0.3 is 0 Å². The van der Waals surface area contributed by atoms with Crippen LogP contribution in [0.2, 0.25) is 0 Å². The molecule has 1 aliphatic heterocycles. The van der Waals surface area contributed by atoms with E-state index in [1.165, 1.54) is 59.0 Å². The van der Waals surface area contributed by atoms with E-state index in [1.807, 2.05) is 13.8 Å². The molecule has 1 fully saturated rings. The van der Waals surface area contributed by atoms with Crippen molar-refractivity contribution in [2.45, 2.75) is 72.4 Å². The van der Waals surface area contributed by atoms with Crippen LogP contribution in [0.1, 0.15) is 58.1 Å². The van der Waals surface area contributed by atoms with Crippen molar-refractivity contribution in [3.8, 4) is 11.1 Å². The first-order valence-electron chi connectivity index (χ1n) is 12.5. The van der Waals surface area contributed by atoms with Crippen molar-refractivity contribution in [1.29, 1.82) is 0 Å². The molecule has 2 atom stereocenters. The number of nitrogens with zero attached hydrogens (tertiary/aromatic N) is 2. The third-order valence-electron chi connectivity index (χ3n) is 6.15. The number of hydrogen-bond donors (Lipinski definition) is 3. The molecule has 0 saturated carbocycles. The maximum Gasteiger partial charge on any atom is 0.0457 e. The molecule has 188 valence electrons. The van der Waals surface area contributed by atoms with E-state index in [1.54, 1.807) is 7.05 Å². The van der Waals surface area contributed by atoms with Crippen LogP contribution in [0.3, 0.4) is 0 Å². The average Bonchev–Trinajstić information content (AvgIpc) is 3.48. The van der Waals surface area contributed by atoms with E-state index < -0.39 is 0 Å². The van der Waals surface area contributed by atoms with Gasteiger partial charge in [-0.15, -0.1) is 13.2 Å². The normalized spacial score (nSPS) is 16.1. The Morgan fingerprint density at radius 3 is 2.38 bits per heavy atom. The minimum absolute atomic E-state index is 0.687. The van der Waals surface area contributed by atoms with Gasteiger partial charge in [-0.25, -0.2) is 0 Å². The highest BCUT2D eigenvalue weighted by atomic mass is 15.6. The van der Waals surface area contributed by atoms with Crippen molar-refractivity contribution < 1.29 is 0 Å². The third-order valence-corrected chi connectivity index (χ3v) is 6.15. The van der Waals surface area contributed by atoms with Gasteiger partial charge in [0.2, 0.25) is 0 Å². The van der Waals surface area contributed by atoms with Crippen LogP contribution in [0.5, 0.6) is 0 Å². The first-order valence-corrected chi connectivity index (χ1v) is 12.5. The number of aryl methyl sites for hydroxylation is 1. The summed E-state index contributed by atoms with van der Waals surface area (Å²) in [7, 11) is 1.56. The molecule has 5 N–H and O–H groups in total. The summed E-state index contributed by atoms with van der Waals surface area (Å²) in [5.41, 5.74) is 6.65. The Labute approximate surface area is 207 Å². The van der Waals surface area contributed by atoms with E-state index in [2.05, 4.69) is 92.5 Å². The first kappa shape index (κ1) is 29.6. The fraction of sp³-hybridized carbons (Fsp3) is 0.448. The summed E-state index contributed by atoms with van der Waals surface area (Å²) in [4.78, 5) is 6.22. The Hall–Kier alpha value is -2.44. The van der Waals surface area contributed by atoms with Gasteiger partial charge in [-0.2, -0.15) is 5.12 Å². The lowest BCUT2D eigenvalue weighted by Crippen LogP contribution is -2.38. The topological polar surface area (TPSA) is 74.3 Å². The predicted molar refractivity (Wildman–Crippen MR) is 150 cm³/mol. The van der Waals surface area contributed by atoms with Gasteiger partial charge in [0.25, 0.3) is 0 Å². The molecule has 4 rings (SSSR count). The van der Waals surface area contributed by atoms with Gasteiger partial charge in [0, 0.05) is 36.2 Å². The molecule has 0 bridgehead atoms. The molecule has 5 heteroatoms. The number of hydrogen-bond acceptors (Lipinski definition) is 4. The van der Waals surface area contributed by atoms with Crippen LogP contribution in [0, 0.1) is 6.92 Å². The summed E-state index contributed by atoms with van der Waals surface area (Å²) in [6, 6.07) is 17.0. The van der Waals surface area contributed by atoms with Crippen LogP contribution >= 0.6 is 0 Å². The molecule has 0 spiro atoms. The van der Waals surface area contributed by atoms with Crippen LogP contribution in [0.4, 0.5) is 0 Å². The molecular weight excluding hydrogens is 418 g/mol. The highest BCUT2D eigenvalue weighted by Gasteiger charge is 2.28. The van der Waals surface area contributed by atoms with Gasteiger partial charge in [-0.05, 0) is 74.9 Å². The number of rotatable bonds is 5. The Kier molecular flexibility index (Phi) is 13.5. The molecule has 1 aliphatic rings. The van der Waals surface area contributed by atoms with Crippen LogP contribution < -0.4 is 11.7 Å². The number of hydrazine groups is 2. The van der Waals surface area contributed by atoms with Crippen molar-refractivity contribution in [2.75, 3.05) is 13.6 Å². The van der Waals surface area contributed by atoms with Crippen molar-refractivity contribution in [1.82, 2.24) is 15.0 Å². The third kappa shape index (κ3) is 8.41. The second-order valence-electron chi connectivity index (χ2n) is 8.60. The quantitative estimate of drug-likeness (QED) is 0.230. The summed E-state index contributed by atoms with van der Waals surface area (Å²) in [6.45, 7) is 18.1. The molecule has 2 aromatic carbocycles. The second-order valence-corrected chi connectivity index (χ2v) is 8.60. The van der Waals surface area contributed by atoms with E-state index >= 15 is 0 Å². The second kappa shape index (κ2) is 15.5. The zero-order valence-corrected chi connectivity index (χ0v) is 22.3. The van der Waals surface area contributed by atoms with Gasteiger partial charge in [-0.3, -0.25) is 16.6 Å². The molecule has 1 unspecified atom stereocenters. The van der Waals surface area contributed by atoms with Crippen LogP contribution in [-0.2, 0) is 6.42 Å². The number of benzene rings is 2. The van der Waals surface area contributed by atoms with Crippen LogP contribution in [0.15, 0.2) is 61.8 Å². The van der Waals surface area contributed by atoms with Crippen molar-refractivity contribution in [3.63, 3.8) is 0 Å². The zero-order chi connectivity index (χ0) is 25.7. The summed E-state index contributed by atoms with van der Waals surface area (Å²) in [5, 5.41) is 2.39. The average molecular weight is 466 g/mol. The maximum atomic E-state index is 4.72. The predicted octanol–water partition coefficient (Wildman–Crippen LogP) is 6.44. The molecule has 1 saturated heterocycles. The number of H-pyrrole nitrogens is 1. The molecule has 2 heterocycles. The van der Waals surface area contributed by atoms with Gasteiger partial charge in [0.05, 0.1) is 0 Å². The minimum atomic E-state index is 0.687. The molecule has 3 aromatic rings. The van der Waals surface area contributed by atoms with Crippen LogP contribution in [-0.4, -0.2) is 40.7 Å². The van der Waals surface area contributed by atoms with Crippen LogP contribution in [0.25, 0.3) is 22.0 Å². The molecule has 5 nitrogen and oxygen atoms in total. The Morgan fingerprint density at radius 1 is 1.12 bits per heavy atom. The van der Waals surface area contributed by atoms with Crippen molar-refractivity contribution >= 4 is 10.9 Å². The number of nitrogens with two attached hydrogens (primary N) is 2. The van der Waals surface area contributed by atoms with Gasteiger partial charge in [0.15, 0.2) is 0 Å². The Morgan fingerprint density at radius 2 is 1.76 bits per heavy atom. The molecular formula is C29H47N5. The van der Waals surface area contributed by atoms with Gasteiger partial charge in [0.1, 0.15) is 0 Å². The fourth-order valence-corrected chi connectivity index (χ4v) is 4.50. The molecule has 1 aromatic heterocycles. The largest absolute Gasteiger partial charge is 0.361 e. The lowest BCUT2D eigenvalue weighted by atomic mass is 9.98. The standard InChI is InChI=1S/C24H30N2.C2H6.C2H4.CH7N3/c1-4-18(3)26-12-6-9-22(26)14-21-16-25-24-11-10-20(15-23(21)24)19-8-5-7-17(2)13-19;2*1-2;1-4(2)3/h5,7-8,10-11,13,15-16,18,22,25H,4,6,9,12,14H2,1-3H3;1-2H3;1-2H2;2-3H2,1H3/t18?,22-;;;/m1.../s1. The summed E-state index contributed by atoms with van der Waals surface area (Å²) in [6.07, 6.45) is 7.29. The van der Waals surface area contributed by atoms with E-state index in [0.717, 1.165) is 11.5 Å². The zero-order valence-electron chi connectivity index (χ0n) is 22.3. The fourth-order valence-electron chi connectivity index (χ4n) is 4.50. The van der Waals surface area contributed by atoms with Crippen molar-refractivity contribution in [3.05, 3.63) is 72.9 Å². The minimum Gasteiger partial charge on any atom is -0.361 e. The molecule has 0 amide bonds. The lowest BCUT2D eigenvalue weighted by molar-refractivity contribution is 0.186. The van der Waals surface area contributed by atoms with Crippen molar-refractivity contribution in [2.24, 2.45) is 11.7 Å². The summed E-state index contributed by atoms with van der Waals surface area (Å²) < 4.78 is 0. The molecule has 34 heavy (non-hydrogen) atoms. The number of nitrogens with one attached hydrogen (secondary N) is 1. The van der Waals surface area contributed by atoms with E-state index in [-0.39, 0.29) is 0 Å². The van der Waals surface area contributed by atoms with Gasteiger partial charge in [-0.1, -0.05) is 56.7 Å². The smallest absolute Gasteiger partial charge is 0.0457 e. The maximum absolute atomic E-state index is 4.72. The monoisotopic (exact) mass is 465 g/mol. The molecule has 0 radical (unpaired) electrons. The lowest BCUT2D eigenvalue weighted by Gasteiger charge is -2.30. The Balaban J connectivity index is 0.000000644. The number of aromatic amines is 1. The SMILES string of the molecule is C=C.CC.CCC(C)N1CCC[C@@H]1Cc1c[nH]c2ccc(-c3cccc(C)c3)cc12.CN(N)N. The van der Waals surface area contributed by atoms with Gasteiger partial charge < -0.3 is 4.98 Å². The molecule has 0 aliphatic carbocycles.